The summed E-state index contributed by atoms with van der Waals surface area (Å²) in [5, 5.41) is 4.94. The number of carbonyl (C=O) groups excluding carboxylic acids is 1. The fourth-order valence-corrected chi connectivity index (χ4v) is 4.18. The smallest absolute Gasteiger partial charge is 0.267 e. The number of amides is 1. The second-order valence-electron chi connectivity index (χ2n) is 5.29. The summed E-state index contributed by atoms with van der Waals surface area (Å²) in [4.78, 5) is 12.4. The Kier molecular flexibility index (Phi) is 4.82. The van der Waals surface area contributed by atoms with Crippen LogP contribution in [0, 0.1) is 5.82 Å². The maximum Gasteiger partial charge on any atom is 0.267 e. The van der Waals surface area contributed by atoms with Crippen molar-refractivity contribution < 1.29 is 9.18 Å². The van der Waals surface area contributed by atoms with Crippen molar-refractivity contribution >= 4 is 43.4 Å². The summed E-state index contributed by atoms with van der Waals surface area (Å²) in [6.45, 7) is 3.19. The van der Waals surface area contributed by atoms with E-state index in [0.29, 0.717) is 18.8 Å². The molecule has 2 aromatic heterocycles. The standard InChI is InChI=1S/C17H16BrFN2OS/c1-2-7-20-17(22)14-8-15-16(13(18)10-23-15)21(14)9-11-3-5-12(19)6-4-11/h3-6,8,10H,2,7,9H2,1H3,(H,20,22). The number of halogens is 2. The van der Waals surface area contributed by atoms with Crippen LogP contribution < -0.4 is 5.32 Å². The molecule has 0 radical (unpaired) electrons. The Morgan fingerprint density at radius 3 is 2.78 bits per heavy atom. The Labute approximate surface area is 146 Å². The maximum absolute atomic E-state index is 13.1. The van der Waals surface area contributed by atoms with Gasteiger partial charge in [-0.15, -0.1) is 11.3 Å². The fourth-order valence-electron chi connectivity index (χ4n) is 2.49. The Hall–Kier alpha value is -1.66. The molecule has 0 fully saturated rings. The third kappa shape index (κ3) is 3.33. The van der Waals surface area contributed by atoms with Gasteiger partial charge in [0, 0.05) is 18.5 Å². The number of benzene rings is 1. The lowest BCUT2D eigenvalue weighted by Gasteiger charge is -2.11. The van der Waals surface area contributed by atoms with Crippen LogP contribution in [0.3, 0.4) is 0 Å². The van der Waals surface area contributed by atoms with Gasteiger partial charge in [0.2, 0.25) is 0 Å². The number of nitrogens with zero attached hydrogens (tertiary/aromatic N) is 1. The van der Waals surface area contributed by atoms with Gasteiger partial charge in [0.05, 0.1) is 14.7 Å². The Bertz CT molecular complexity index is 838. The fraction of sp³-hybridized carbons (Fsp3) is 0.235. The van der Waals surface area contributed by atoms with Gasteiger partial charge >= 0.3 is 0 Å². The lowest BCUT2D eigenvalue weighted by Crippen LogP contribution is -2.26. The highest BCUT2D eigenvalue weighted by molar-refractivity contribution is 9.10. The second kappa shape index (κ2) is 6.84. The highest BCUT2D eigenvalue weighted by Gasteiger charge is 2.18. The number of hydrogen-bond acceptors (Lipinski definition) is 2. The monoisotopic (exact) mass is 394 g/mol. The van der Waals surface area contributed by atoms with Gasteiger partial charge in [0.1, 0.15) is 11.5 Å². The average Bonchev–Trinajstić information content (AvgIpc) is 3.08. The lowest BCUT2D eigenvalue weighted by atomic mass is 10.2. The van der Waals surface area contributed by atoms with Crippen LogP contribution in [0.25, 0.3) is 10.2 Å². The molecule has 0 aliphatic rings. The van der Waals surface area contributed by atoms with Gasteiger partial charge in [-0.3, -0.25) is 4.79 Å². The van der Waals surface area contributed by atoms with E-state index in [9.17, 15) is 9.18 Å². The Morgan fingerprint density at radius 2 is 2.09 bits per heavy atom. The number of fused-ring (bicyclic) bond motifs is 1. The van der Waals surface area contributed by atoms with Crippen LogP contribution in [-0.2, 0) is 6.54 Å². The van der Waals surface area contributed by atoms with Gasteiger partial charge in [-0.2, -0.15) is 0 Å². The largest absolute Gasteiger partial charge is 0.351 e. The number of rotatable bonds is 5. The van der Waals surface area contributed by atoms with Crippen molar-refractivity contribution in [2.75, 3.05) is 6.54 Å². The molecular formula is C17H16BrFN2OS. The molecule has 23 heavy (non-hydrogen) atoms. The second-order valence-corrected chi connectivity index (χ2v) is 7.06. The highest BCUT2D eigenvalue weighted by atomic mass is 79.9. The summed E-state index contributed by atoms with van der Waals surface area (Å²) < 4.78 is 17.1. The molecule has 0 aliphatic carbocycles. The number of thiophene rings is 1. The quantitative estimate of drug-likeness (QED) is 0.662. The molecule has 3 aromatic rings. The van der Waals surface area contributed by atoms with E-state index in [1.165, 1.54) is 12.1 Å². The molecule has 0 bridgehead atoms. The summed E-state index contributed by atoms with van der Waals surface area (Å²) in [6.07, 6.45) is 0.891. The zero-order chi connectivity index (χ0) is 16.4. The number of hydrogen-bond donors (Lipinski definition) is 1. The van der Waals surface area contributed by atoms with E-state index >= 15 is 0 Å². The van der Waals surface area contributed by atoms with Crippen molar-refractivity contribution in [2.45, 2.75) is 19.9 Å². The van der Waals surface area contributed by atoms with E-state index in [2.05, 4.69) is 21.2 Å². The van der Waals surface area contributed by atoms with Crippen LogP contribution in [-0.4, -0.2) is 17.0 Å². The number of carbonyl (C=O) groups is 1. The van der Waals surface area contributed by atoms with Crippen LogP contribution >= 0.6 is 27.3 Å². The highest BCUT2D eigenvalue weighted by Crippen LogP contribution is 2.33. The zero-order valence-electron chi connectivity index (χ0n) is 12.6. The normalized spacial score (nSPS) is 11.1. The molecule has 1 N–H and O–H groups in total. The molecule has 0 saturated heterocycles. The minimum absolute atomic E-state index is 0.0794. The molecule has 0 unspecified atom stereocenters. The summed E-state index contributed by atoms with van der Waals surface area (Å²) in [6, 6.07) is 8.29. The van der Waals surface area contributed by atoms with E-state index in [4.69, 9.17) is 0 Å². The molecule has 0 spiro atoms. The first-order valence-electron chi connectivity index (χ1n) is 7.39. The SMILES string of the molecule is CCCNC(=O)c1cc2scc(Br)c2n1Cc1ccc(F)cc1. The van der Waals surface area contributed by atoms with E-state index in [-0.39, 0.29) is 11.7 Å². The Morgan fingerprint density at radius 1 is 1.35 bits per heavy atom. The lowest BCUT2D eigenvalue weighted by molar-refractivity contribution is 0.0945. The minimum Gasteiger partial charge on any atom is -0.351 e. The molecule has 6 heteroatoms. The van der Waals surface area contributed by atoms with Gasteiger partial charge in [-0.1, -0.05) is 19.1 Å². The van der Waals surface area contributed by atoms with Crippen LogP contribution in [0.2, 0.25) is 0 Å². The van der Waals surface area contributed by atoms with E-state index < -0.39 is 0 Å². The van der Waals surface area contributed by atoms with Gasteiger partial charge in [-0.05, 0) is 46.1 Å². The molecule has 0 atom stereocenters. The topological polar surface area (TPSA) is 34.0 Å². The van der Waals surface area contributed by atoms with Crippen molar-refractivity contribution in [1.29, 1.82) is 0 Å². The summed E-state index contributed by atoms with van der Waals surface area (Å²) >= 11 is 5.15. The van der Waals surface area contributed by atoms with Gasteiger partial charge in [0.25, 0.3) is 5.91 Å². The Balaban J connectivity index is 2.02. The third-order valence-electron chi connectivity index (χ3n) is 3.60. The number of aromatic nitrogens is 1. The van der Waals surface area contributed by atoms with Crippen LogP contribution in [0.15, 0.2) is 40.2 Å². The van der Waals surface area contributed by atoms with Crippen LogP contribution in [0.5, 0.6) is 0 Å². The molecule has 3 nitrogen and oxygen atoms in total. The third-order valence-corrected chi connectivity index (χ3v) is 5.43. The van der Waals surface area contributed by atoms with Gasteiger partial charge in [-0.25, -0.2) is 4.39 Å². The van der Waals surface area contributed by atoms with E-state index in [0.717, 1.165) is 26.7 Å². The van der Waals surface area contributed by atoms with Crippen molar-refractivity contribution in [3.05, 3.63) is 57.3 Å². The first-order chi connectivity index (χ1) is 11.1. The first-order valence-corrected chi connectivity index (χ1v) is 9.06. The van der Waals surface area contributed by atoms with Crippen LogP contribution in [0.4, 0.5) is 4.39 Å². The molecule has 1 aromatic carbocycles. The maximum atomic E-state index is 13.1. The summed E-state index contributed by atoms with van der Waals surface area (Å²) in [7, 11) is 0. The molecule has 0 saturated carbocycles. The zero-order valence-corrected chi connectivity index (χ0v) is 15.0. The molecule has 120 valence electrons. The van der Waals surface area contributed by atoms with Gasteiger partial charge < -0.3 is 9.88 Å². The predicted molar refractivity (Wildman–Crippen MR) is 95.6 cm³/mol. The summed E-state index contributed by atoms with van der Waals surface area (Å²) in [5.74, 6) is -0.340. The summed E-state index contributed by atoms with van der Waals surface area (Å²) in [5.41, 5.74) is 2.58. The van der Waals surface area contributed by atoms with E-state index in [1.807, 2.05) is 22.9 Å². The van der Waals surface area contributed by atoms with Gasteiger partial charge in [0.15, 0.2) is 0 Å². The van der Waals surface area contributed by atoms with Crippen molar-refractivity contribution in [2.24, 2.45) is 0 Å². The van der Waals surface area contributed by atoms with Crippen molar-refractivity contribution in [3.63, 3.8) is 0 Å². The number of nitrogens with one attached hydrogen (secondary N) is 1. The van der Waals surface area contributed by atoms with Crippen molar-refractivity contribution in [1.82, 2.24) is 9.88 Å². The van der Waals surface area contributed by atoms with Crippen molar-refractivity contribution in [3.8, 4) is 0 Å². The predicted octanol–water partition coefficient (Wildman–Crippen LogP) is 4.79. The molecular weight excluding hydrogens is 379 g/mol. The van der Waals surface area contributed by atoms with E-state index in [1.54, 1.807) is 23.5 Å². The molecule has 0 aliphatic heterocycles. The molecule has 1 amide bonds. The molecule has 3 rings (SSSR count). The first kappa shape index (κ1) is 16.2. The average molecular weight is 395 g/mol. The molecule has 2 heterocycles. The van der Waals surface area contributed by atoms with Crippen LogP contribution in [0.1, 0.15) is 29.4 Å². The minimum atomic E-state index is -0.260.